The molecule has 4 nitrogen and oxygen atoms in total. The predicted molar refractivity (Wildman–Crippen MR) is 79.6 cm³/mol. The lowest BCUT2D eigenvalue weighted by Crippen LogP contribution is -2.11. The smallest absolute Gasteiger partial charge is 0.182 e. The summed E-state index contributed by atoms with van der Waals surface area (Å²) in [7, 11) is -1.94. The average Bonchev–Trinajstić information content (AvgIpc) is 2.46. The fourth-order valence-electron chi connectivity index (χ4n) is 1.99. The molecule has 0 aromatic heterocycles. The Morgan fingerprint density at radius 1 is 1.05 bits per heavy atom. The third-order valence-electron chi connectivity index (χ3n) is 3.10. The van der Waals surface area contributed by atoms with Crippen LogP contribution in [0.4, 0.5) is 5.69 Å². The molecule has 0 aliphatic heterocycles. The van der Waals surface area contributed by atoms with Gasteiger partial charge in [-0.05, 0) is 30.2 Å². The second-order valence-corrected chi connectivity index (χ2v) is 6.50. The molecule has 0 aliphatic rings. The molecular formula is C15H17NO3S. The van der Waals surface area contributed by atoms with Gasteiger partial charge in [0.05, 0.1) is 12.9 Å². The summed E-state index contributed by atoms with van der Waals surface area (Å²) >= 11 is 0. The van der Waals surface area contributed by atoms with Crippen molar-refractivity contribution in [2.45, 2.75) is 11.3 Å². The van der Waals surface area contributed by atoms with Gasteiger partial charge in [-0.2, -0.15) is 0 Å². The number of nitrogen functional groups attached to an aromatic ring is 1. The van der Waals surface area contributed by atoms with Crippen molar-refractivity contribution in [3.63, 3.8) is 0 Å². The standard InChI is InChI=1S/C15H17NO3S/c1-19-14-8-4-5-9-15(14)20(17,18)11-10-12-6-2-3-7-13(12)16/h2-9H,10-11,16H2,1H3. The summed E-state index contributed by atoms with van der Waals surface area (Å²) in [6.45, 7) is 0. The maximum atomic E-state index is 12.4. The largest absolute Gasteiger partial charge is 0.495 e. The third-order valence-corrected chi connectivity index (χ3v) is 4.85. The Morgan fingerprint density at radius 3 is 2.40 bits per heavy atom. The molecule has 20 heavy (non-hydrogen) atoms. The minimum atomic E-state index is -3.40. The molecule has 2 aromatic carbocycles. The summed E-state index contributed by atoms with van der Waals surface area (Å²) in [5, 5.41) is 0. The fourth-order valence-corrected chi connectivity index (χ4v) is 3.44. The third kappa shape index (κ3) is 3.11. The van der Waals surface area contributed by atoms with Crippen LogP contribution in [0.15, 0.2) is 53.4 Å². The van der Waals surface area contributed by atoms with Gasteiger partial charge in [0.1, 0.15) is 10.6 Å². The van der Waals surface area contributed by atoms with Gasteiger partial charge < -0.3 is 10.5 Å². The van der Waals surface area contributed by atoms with Gasteiger partial charge in [-0.15, -0.1) is 0 Å². The SMILES string of the molecule is COc1ccccc1S(=O)(=O)CCc1ccccc1N. The van der Waals surface area contributed by atoms with Crippen LogP contribution in [0.3, 0.4) is 0 Å². The Labute approximate surface area is 119 Å². The van der Waals surface area contributed by atoms with Crippen LogP contribution in [-0.4, -0.2) is 21.3 Å². The minimum absolute atomic E-state index is 0.00157. The van der Waals surface area contributed by atoms with Gasteiger partial charge in [0.15, 0.2) is 9.84 Å². The molecule has 0 spiro atoms. The fraction of sp³-hybridized carbons (Fsp3) is 0.200. The van der Waals surface area contributed by atoms with E-state index in [1.165, 1.54) is 7.11 Å². The molecule has 2 aromatic rings. The number of hydrogen-bond acceptors (Lipinski definition) is 4. The Bertz CT molecular complexity index is 696. The van der Waals surface area contributed by atoms with Crippen LogP contribution in [0.2, 0.25) is 0 Å². The number of benzene rings is 2. The molecule has 0 radical (unpaired) electrons. The van der Waals surface area contributed by atoms with Crippen molar-refractivity contribution in [1.29, 1.82) is 0 Å². The van der Waals surface area contributed by atoms with Crippen molar-refractivity contribution in [3.05, 3.63) is 54.1 Å². The van der Waals surface area contributed by atoms with Crippen LogP contribution < -0.4 is 10.5 Å². The lowest BCUT2D eigenvalue weighted by atomic mass is 10.1. The van der Waals surface area contributed by atoms with E-state index in [9.17, 15) is 8.42 Å². The summed E-state index contributed by atoms with van der Waals surface area (Å²) in [5.41, 5.74) is 7.28. The summed E-state index contributed by atoms with van der Waals surface area (Å²) < 4.78 is 29.9. The predicted octanol–water partition coefficient (Wildman–Crippen LogP) is 2.29. The molecule has 0 atom stereocenters. The zero-order valence-corrected chi connectivity index (χ0v) is 12.1. The summed E-state index contributed by atoms with van der Waals surface area (Å²) in [6, 6.07) is 13.9. The summed E-state index contributed by atoms with van der Waals surface area (Å²) in [4.78, 5) is 0.219. The molecule has 106 valence electrons. The second kappa shape index (κ2) is 5.96. The Hall–Kier alpha value is -2.01. The minimum Gasteiger partial charge on any atom is -0.495 e. The van der Waals surface area contributed by atoms with Crippen LogP contribution in [0.1, 0.15) is 5.56 Å². The number of para-hydroxylation sites is 2. The van der Waals surface area contributed by atoms with Crippen molar-refractivity contribution in [1.82, 2.24) is 0 Å². The van der Waals surface area contributed by atoms with E-state index in [0.717, 1.165) is 5.56 Å². The number of ether oxygens (including phenoxy) is 1. The van der Waals surface area contributed by atoms with Crippen LogP contribution in [0.5, 0.6) is 5.75 Å². The van der Waals surface area contributed by atoms with Crippen molar-refractivity contribution < 1.29 is 13.2 Å². The van der Waals surface area contributed by atoms with Crippen molar-refractivity contribution >= 4 is 15.5 Å². The van der Waals surface area contributed by atoms with Crippen LogP contribution in [0.25, 0.3) is 0 Å². The molecule has 0 saturated carbocycles. The molecule has 0 saturated heterocycles. The number of rotatable bonds is 5. The summed E-state index contributed by atoms with van der Waals surface area (Å²) in [6.07, 6.45) is 0.382. The molecule has 2 N–H and O–H groups in total. The monoisotopic (exact) mass is 291 g/mol. The molecule has 0 fully saturated rings. The molecule has 0 aliphatic carbocycles. The molecule has 5 heteroatoms. The van der Waals surface area contributed by atoms with Crippen molar-refractivity contribution in [2.75, 3.05) is 18.6 Å². The molecular weight excluding hydrogens is 274 g/mol. The highest BCUT2D eigenvalue weighted by molar-refractivity contribution is 7.91. The van der Waals surface area contributed by atoms with Crippen LogP contribution in [-0.2, 0) is 16.3 Å². The van der Waals surface area contributed by atoms with Crippen molar-refractivity contribution in [3.8, 4) is 5.75 Å². The number of methoxy groups -OCH3 is 1. The van der Waals surface area contributed by atoms with Gasteiger partial charge in [0, 0.05) is 5.69 Å². The van der Waals surface area contributed by atoms with Crippen molar-refractivity contribution in [2.24, 2.45) is 0 Å². The lowest BCUT2D eigenvalue weighted by Gasteiger charge is -2.10. The van der Waals surface area contributed by atoms with Gasteiger partial charge in [-0.3, -0.25) is 0 Å². The van der Waals surface area contributed by atoms with E-state index in [1.54, 1.807) is 30.3 Å². The van der Waals surface area contributed by atoms with E-state index in [-0.39, 0.29) is 10.6 Å². The average molecular weight is 291 g/mol. The number of anilines is 1. The number of sulfone groups is 1. The maximum Gasteiger partial charge on any atom is 0.182 e. The zero-order chi connectivity index (χ0) is 14.6. The quantitative estimate of drug-likeness (QED) is 0.858. The van der Waals surface area contributed by atoms with Gasteiger partial charge in [0.2, 0.25) is 0 Å². The Kier molecular flexibility index (Phi) is 4.29. The van der Waals surface area contributed by atoms with Crippen LogP contribution >= 0.6 is 0 Å². The first-order valence-electron chi connectivity index (χ1n) is 6.24. The molecule has 0 bridgehead atoms. The first-order chi connectivity index (χ1) is 9.54. The van der Waals surface area contributed by atoms with E-state index in [2.05, 4.69) is 0 Å². The topological polar surface area (TPSA) is 69.4 Å². The van der Waals surface area contributed by atoms with Gasteiger partial charge in [-0.1, -0.05) is 30.3 Å². The van der Waals surface area contributed by atoms with E-state index in [4.69, 9.17) is 10.5 Å². The lowest BCUT2D eigenvalue weighted by molar-refractivity contribution is 0.402. The van der Waals surface area contributed by atoms with E-state index in [1.807, 2.05) is 18.2 Å². The van der Waals surface area contributed by atoms with Gasteiger partial charge >= 0.3 is 0 Å². The number of aryl methyl sites for hydroxylation is 1. The van der Waals surface area contributed by atoms with Gasteiger partial charge in [0.25, 0.3) is 0 Å². The van der Waals surface area contributed by atoms with E-state index < -0.39 is 9.84 Å². The van der Waals surface area contributed by atoms with Crippen LogP contribution in [0, 0.1) is 0 Å². The Morgan fingerprint density at radius 2 is 1.70 bits per heavy atom. The highest BCUT2D eigenvalue weighted by Gasteiger charge is 2.19. The first kappa shape index (κ1) is 14.4. The highest BCUT2D eigenvalue weighted by atomic mass is 32.2. The second-order valence-electron chi connectivity index (χ2n) is 4.42. The molecule has 0 heterocycles. The normalized spacial score (nSPS) is 11.2. The maximum absolute atomic E-state index is 12.4. The molecule has 2 rings (SSSR count). The first-order valence-corrected chi connectivity index (χ1v) is 7.89. The summed E-state index contributed by atoms with van der Waals surface area (Å²) in [5.74, 6) is 0.371. The zero-order valence-electron chi connectivity index (χ0n) is 11.2. The molecule has 0 amide bonds. The Balaban J connectivity index is 2.22. The molecule has 0 unspecified atom stereocenters. The number of nitrogens with two attached hydrogens (primary N) is 1. The van der Waals surface area contributed by atoms with E-state index >= 15 is 0 Å². The number of hydrogen-bond donors (Lipinski definition) is 1. The van der Waals surface area contributed by atoms with E-state index in [0.29, 0.717) is 17.9 Å². The highest BCUT2D eigenvalue weighted by Crippen LogP contribution is 2.25. The van der Waals surface area contributed by atoms with Gasteiger partial charge in [-0.25, -0.2) is 8.42 Å².